The van der Waals surface area contributed by atoms with Gasteiger partial charge in [0.1, 0.15) is 0 Å². The van der Waals surface area contributed by atoms with E-state index in [2.05, 4.69) is 29.1 Å². The van der Waals surface area contributed by atoms with Crippen molar-refractivity contribution in [1.82, 2.24) is 9.97 Å². The van der Waals surface area contributed by atoms with Gasteiger partial charge in [0.25, 0.3) is 0 Å². The molecule has 0 fully saturated rings. The molecule has 0 amide bonds. The Morgan fingerprint density at radius 2 is 2.00 bits per heavy atom. The molecule has 0 aliphatic rings. The molecule has 4 nitrogen and oxygen atoms in total. The second-order valence-electron chi connectivity index (χ2n) is 4.24. The normalized spacial score (nSPS) is 11.2. The maximum atomic E-state index is 4.49. The highest BCUT2D eigenvalue weighted by atomic mass is 15.2. The Kier molecular flexibility index (Phi) is 3.98. The van der Waals surface area contributed by atoms with Gasteiger partial charge in [0.15, 0.2) is 0 Å². The molecule has 92 valence electrons. The van der Waals surface area contributed by atoms with E-state index in [0.29, 0.717) is 0 Å². The summed E-state index contributed by atoms with van der Waals surface area (Å²) < 4.78 is 0. The second-order valence-corrected chi connectivity index (χ2v) is 4.24. The molecular formula is C13H21N4+. The molecule has 2 aromatic rings. The topological polar surface area (TPSA) is 45.1 Å². The van der Waals surface area contributed by atoms with Crippen LogP contribution in [0.2, 0.25) is 0 Å². The molecule has 1 aromatic carbocycles. The minimum absolute atomic E-state index is 0.873. The van der Waals surface area contributed by atoms with Crippen molar-refractivity contribution in [3.8, 4) is 0 Å². The minimum atomic E-state index is 0.873. The third-order valence-electron chi connectivity index (χ3n) is 3.16. The van der Waals surface area contributed by atoms with Crippen molar-refractivity contribution >= 4 is 17.0 Å². The Labute approximate surface area is 102 Å². The number of rotatable bonds is 6. The van der Waals surface area contributed by atoms with E-state index in [1.54, 1.807) is 4.90 Å². The van der Waals surface area contributed by atoms with Gasteiger partial charge in [-0.05, 0) is 26.0 Å². The number of fused-ring (bicyclic) bond motifs is 1. The fourth-order valence-electron chi connectivity index (χ4n) is 2.00. The SMILES string of the molecule is CC[NH+](CC)CCNc1nc2ccccc2[nH]1. The average Bonchev–Trinajstić information content (AvgIpc) is 2.77. The number of quaternary nitrogens is 1. The number of anilines is 1. The van der Waals surface area contributed by atoms with Gasteiger partial charge in [-0.3, -0.25) is 0 Å². The summed E-state index contributed by atoms with van der Waals surface area (Å²) >= 11 is 0. The summed E-state index contributed by atoms with van der Waals surface area (Å²) in [4.78, 5) is 9.36. The largest absolute Gasteiger partial charge is 0.350 e. The second kappa shape index (κ2) is 5.68. The molecule has 0 spiro atoms. The first-order valence-corrected chi connectivity index (χ1v) is 6.35. The van der Waals surface area contributed by atoms with Crippen LogP contribution in [0.25, 0.3) is 11.0 Å². The van der Waals surface area contributed by atoms with Crippen molar-refractivity contribution in [2.24, 2.45) is 0 Å². The molecule has 0 aliphatic carbocycles. The number of nitrogens with zero attached hydrogens (tertiary/aromatic N) is 1. The number of hydrogen-bond acceptors (Lipinski definition) is 2. The van der Waals surface area contributed by atoms with Gasteiger partial charge in [0.2, 0.25) is 5.95 Å². The number of hydrogen-bond donors (Lipinski definition) is 3. The molecule has 3 N–H and O–H groups in total. The van der Waals surface area contributed by atoms with Gasteiger partial charge in [0.05, 0.1) is 37.2 Å². The van der Waals surface area contributed by atoms with E-state index in [9.17, 15) is 0 Å². The van der Waals surface area contributed by atoms with E-state index < -0.39 is 0 Å². The first-order chi connectivity index (χ1) is 8.33. The summed E-state index contributed by atoms with van der Waals surface area (Å²) in [5.41, 5.74) is 2.11. The molecule has 0 unspecified atom stereocenters. The fourth-order valence-corrected chi connectivity index (χ4v) is 2.00. The monoisotopic (exact) mass is 233 g/mol. The molecule has 0 aliphatic heterocycles. The smallest absolute Gasteiger partial charge is 0.201 e. The van der Waals surface area contributed by atoms with Crippen molar-refractivity contribution in [2.45, 2.75) is 13.8 Å². The van der Waals surface area contributed by atoms with Crippen molar-refractivity contribution in [2.75, 3.05) is 31.5 Å². The van der Waals surface area contributed by atoms with Crippen LogP contribution in [0.5, 0.6) is 0 Å². The number of H-pyrrole nitrogens is 1. The Bertz CT molecular complexity index is 426. The molecule has 1 aromatic heterocycles. The van der Waals surface area contributed by atoms with Crippen LogP contribution in [-0.4, -0.2) is 36.1 Å². The number of imidazole rings is 1. The zero-order valence-corrected chi connectivity index (χ0v) is 10.6. The molecule has 1 heterocycles. The Morgan fingerprint density at radius 1 is 1.24 bits per heavy atom. The zero-order valence-electron chi connectivity index (χ0n) is 10.6. The van der Waals surface area contributed by atoms with Gasteiger partial charge in [0, 0.05) is 0 Å². The number of aromatic nitrogens is 2. The quantitative estimate of drug-likeness (QED) is 0.694. The average molecular weight is 233 g/mol. The first-order valence-electron chi connectivity index (χ1n) is 6.35. The number of nitrogens with one attached hydrogen (secondary N) is 3. The van der Waals surface area contributed by atoms with Crippen LogP contribution in [-0.2, 0) is 0 Å². The Balaban J connectivity index is 1.90. The molecule has 17 heavy (non-hydrogen) atoms. The molecule has 0 atom stereocenters. The van der Waals surface area contributed by atoms with Crippen LogP contribution in [0.3, 0.4) is 0 Å². The Hall–Kier alpha value is -1.55. The highest BCUT2D eigenvalue weighted by Gasteiger charge is 2.04. The summed E-state index contributed by atoms with van der Waals surface area (Å²) in [6.07, 6.45) is 0. The standard InChI is InChI=1S/C13H20N4/c1-3-17(4-2)10-9-14-13-15-11-7-5-6-8-12(11)16-13/h5-8H,3-4,9-10H2,1-2H3,(H2,14,15,16)/p+1. The van der Waals surface area contributed by atoms with E-state index in [-0.39, 0.29) is 0 Å². The van der Waals surface area contributed by atoms with Gasteiger partial charge < -0.3 is 15.2 Å². The van der Waals surface area contributed by atoms with E-state index in [0.717, 1.165) is 30.1 Å². The van der Waals surface area contributed by atoms with Gasteiger partial charge in [-0.1, -0.05) is 12.1 Å². The number of para-hydroxylation sites is 2. The zero-order chi connectivity index (χ0) is 12.1. The molecule has 0 radical (unpaired) electrons. The molecule has 0 saturated carbocycles. The molecular weight excluding hydrogens is 212 g/mol. The van der Waals surface area contributed by atoms with Crippen LogP contribution in [0.15, 0.2) is 24.3 Å². The third-order valence-corrected chi connectivity index (χ3v) is 3.16. The van der Waals surface area contributed by atoms with Gasteiger partial charge >= 0.3 is 0 Å². The molecule has 2 rings (SSSR count). The van der Waals surface area contributed by atoms with Crippen molar-refractivity contribution in [1.29, 1.82) is 0 Å². The van der Waals surface area contributed by atoms with Gasteiger partial charge in [-0.25, -0.2) is 4.98 Å². The lowest BCUT2D eigenvalue weighted by Gasteiger charge is -2.15. The number of likely N-dealkylation sites (N-methyl/N-ethyl adjacent to an activating group) is 1. The lowest BCUT2D eigenvalue weighted by Crippen LogP contribution is -3.12. The van der Waals surface area contributed by atoms with Crippen molar-refractivity contribution in [3.05, 3.63) is 24.3 Å². The number of benzene rings is 1. The van der Waals surface area contributed by atoms with Gasteiger partial charge in [-0.15, -0.1) is 0 Å². The van der Waals surface area contributed by atoms with Crippen molar-refractivity contribution in [3.63, 3.8) is 0 Å². The Morgan fingerprint density at radius 3 is 2.71 bits per heavy atom. The van der Waals surface area contributed by atoms with Crippen LogP contribution in [0.4, 0.5) is 5.95 Å². The van der Waals surface area contributed by atoms with Crippen LogP contribution < -0.4 is 10.2 Å². The van der Waals surface area contributed by atoms with Crippen LogP contribution in [0, 0.1) is 0 Å². The fraction of sp³-hybridized carbons (Fsp3) is 0.462. The predicted molar refractivity (Wildman–Crippen MR) is 71.5 cm³/mol. The maximum absolute atomic E-state index is 4.49. The number of aromatic amines is 1. The summed E-state index contributed by atoms with van der Waals surface area (Å²) in [6, 6.07) is 8.09. The van der Waals surface area contributed by atoms with E-state index in [1.165, 1.54) is 13.1 Å². The summed E-state index contributed by atoms with van der Waals surface area (Å²) in [5, 5.41) is 3.35. The lowest BCUT2D eigenvalue weighted by molar-refractivity contribution is -0.894. The molecule has 4 heteroatoms. The van der Waals surface area contributed by atoms with E-state index in [4.69, 9.17) is 0 Å². The highest BCUT2D eigenvalue weighted by Crippen LogP contribution is 2.12. The highest BCUT2D eigenvalue weighted by molar-refractivity contribution is 5.77. The van der Waals surface area contributed by atoms with E-state index >= 15 is 0 Å². The molecule has 0 saturated heterocycles. The van der Waals surface area contributed by atoms with Crippen LogP contribution in [0.1, 0.15) is 13.8 Å². The predicted octanol–water partition coefficient (Wildman–Crippen LogP) is 0.899. The minimum Gasteiger partial charge on any atom is -0.350 e. The third kappa shape index (κ3) is 2.97. The maximum Gasteiger partial charge on any atom is 0.201 e. The first kappa shape index (κ1) is 11.9. The summed E-state index contributed by atoms with van der Waals surface area (Å²) in [7, 11) is 0. The van der Waals surface area contributed by atoms with Crippen LogP contribution >= 0.6 is 0 Å². The van der Waals surface area contributed by atoms with Gasteiger partial charge in [-0.2, -0.15) is 0 Å². The van der Waals surface area contributed by atoms with Crippen molar-refractivity contribution < 1.29 is 4.90 Å². The molecule has 0 bridgehead atoms. The van der Waals surface area contributed by atoms with E-state index in [1.807, 2.05) is 24.3 Å². The summed E-state index contributed by atoms with van der Waals surface area (Å²) in [5.74, 6) is 0.873. The summed E-state index contributed by atoms with van der Waals surface area (Å²) in [6.45, 7) is 8.89. The lowest BCUT2D eigenvalue weighted by atomic mass is 10.3.